The van der Waals surface area contributed by atoms with Crippen molar-refractivity contribution in [2.75, 3.05) is 0 Å². The van der Waals surface area contributed by atoms with E-state index in [2.05, 4.69) is 0 Å². The number of rotatable bonds is 2. The molecule has 88 valence electrons. The highest BCUT2D eigenvalue weighted by Crippen LogP contribution is 2.29. The number of alkyl halides is 1. The predicted octanol–water partition coefficient (Wildman–Crippen LogP) is 4.77. The van der Waals surface area contributed by atoms with E-state index in [4.69, 9.17) is 11.6 Å². The summed E-state index contributed by atoms with van der Waals surface area (Å²) in [5, 5.41) is -0.227. The predicted molar refractivity (Wildman–Crippen MR) is 70.0 cm³/mol. The smallest absolute Gasteiger partial charge is 0.126 e. The van der Waals surface area contributed by atoms with Crippen molar-refractivity contribution in [2.24, 2.45) is 0 Å². The van der Waals surface area contributed by atoms with Crippen LogP contribution in [0.3, 0.4) is 0 Å². The van der Waals surface area contributed by atoms with Gasteiger partial charge in [-0.2, -0.15) is 0 Å². The molecule has 1 atom stereocenters. The summed E-state index contributed by atoms with van der Waals surface area (Å²) in [6.07, 6.45) is 0. The summed E-state index contributed by atoms with van der Waals surface area (Å²) in [4.78, 5) is 0. The monoisotopic (exact) mass is 248 g/mol. The van der Waals surface area contributed by atoms with Crippen LogP contribution >= 0.6 is 11.6 Å². The molecule has 17 heavy (non-hydrogen) atoms. The molecule has 2 rings (SSSR count). The van der Waals surface area contributed by atoms with Gasteiger partial charge in [-0.25, -0.2) is 4.39 Å². The molecule has 0 N–H and O–H groups in total. The third-order valence-electron chi connectivity index (χ3n) is 2.84. The second kappa shape index (κ2) is 4.89. The zero-order chi connectivity index (χ0) is 12.4. The van der Waals surface area contributed by atoms with E-state index in [1.807, 2.05) is 31.2 Å². The quantitative estimate of drug-likeness (QED) is 0.672. The van der Waals surface area contributed by atoms with Gasteiger partial charge < -0.3 is 0 Å². The lowest BCUT2D eigenvalue weighted by molar-refractivity contribution is 0.617. The number of hydrogen-bond donors (Lipinski definition) is 0. The standard InChI is InChI=1S/C15H14ClF/c1-10-3-5-12(6-4-10)15(16)13-7-8-14(17)11(2)9-13/h3-9,15H,1-2H3. The molecule has 0 saturated carbocycles. The first kappa shape index (κ1) is 12.1. The molecular weight excluding hydrogens is 235 g/mol. The summed E-state index contributed by atoms with van der Waals surface area (Å²) in [6, 6.07) is 13.1. The molecule has 0 spiro atoms. The van der Waals surface area contributed by atoms with Gasteiger partial charge in [-0.3, -0.25) is 0 Å². The van der Waals surface area contributed by atoms with Crippen molar-refractivity contribution < 1.29 is 4.39 Å². The van der Waals surface area contributed by atoms with Gasteiger partial charge in [0, 0.05) is 0 Å². The molecule has 0 saturated heterocycles. The topological polar surface area (TPSA) is 0 Å². The first-order valence-corrected chi connectivity index (χ1v) is 5.98. The zero-order valence-corrected chi connectivity index (χ0v) is 10.6. The second-order valence-electron chi connectivity index (χ2n) is 4.28. The summed E-state index contributed by atoms with van der Waals surface area (Å²) in [7, 11) is 0. The Morgan fingerprint density at radius 3 is 2.12 bits per heavy atom. The van der Waals surface area contributed by atoms with Crippen LogP contribution in [-0.4, -0.2) is 0 Å². The van der Waals surface area contributed by atoms with Gasteiger partial charge in [0.25, 0.3) is 0 Å². The van der Waals surface area contributed by atoms with Gasteiger partial charge in [0.1, 0.15) is 5.82 Å². The van der Waals surface area contributed by atoms with E-state index in [1.165, 1.54) is 11.6 Å². The minimum absolute atomic E-state index is 0.193. The van der Waals surface area contributed by atoms with Crippen LogP contribution in [0.25, 0.3) is 0 Å². The molecule has 0 aliphatic rings. The van der Waals surface area contributed by atoms with Gasteiger partial charge in [0.05, 0.1) is 5.38 Å². The molecule has 0 amide bonds. The maximum Gasteiger partial charge on any atom is 0.126 e. The molecule has 2 heteroatoms. The average molecular weight is 249 g/mol. The fourth-order valence-electron chi connectivity index (χ4n) is 1.75. The summed E-state index contributed by atoms with van der Waals surface area (Å²) in [5.41, 5.74) is 3.78. The lowest BCUT2D eigenvalue weighted by Crippen LogP contribution is -1.95. The lowest BCUT2D eigenvalue weighted by Gasteiger charge is -2.11. The van der Waals surface area contributed by atoms with Gasteiger partial charge in [-0.15, -0.1) is 11.6 Å². The normalized spacial score (nSPS) is 12.5. The Hall–Kier alpha value is -1.34. The minimum atomic E-state index is -0.227. The second-order valence-corrected chi connectivity index (χ2v) is 4.72. The summed E-state index contributed by atoms with van der Waals surface area (Å²) in [5.74, 6) is -0.193. The summed E-state index contributed by atoms with van der Waals surface area (Å²) in [6.45, 7) is 3.78. The van der Waals surface area contributed by atoms with Crippen LogP contribution in [0.15, 0.2) is 42.5 Å². The van der Waals surface area contributed by atoms with E-state index in [9.17, 15) is 4.39 Å². The van der Waals surface area contributed by atoms with Crippen LogP contribution in [0.2, 0.25) is 0 Å². The number of benzene rings is 2. The van der Waals surface area contributed by atoms with Crippen LogP contribution in [0, 0.1) is 19.7 Å². The molecule has 2 aromatic rings. The number of aryl methyl sites for hydroxylation is 2. The van der Waals surface area contributed by atoms with Crippen molar-refractivity contribution in [3.05, 3.63) is 70.5 Å². The van der Waals surface area contributed by atoms with Crippen molar-refractivity contribution in [2.45, 2.75) is 19.2 Å². The van der Waals surface area contributed by atoms with Crippen molar-refractivity contribution in [1.82, 2.24) is 0 Å². The van der Waals surface area contributed by atoms with Gasteiger partial charge in [-0.1, -0.05) is 42.0 Å². The number of halogens is 2. The lowest BCUT2D eigenvalue weighted by atomic mass is 10.0. The highest BCUT2D eigenvalue weighted by Gasteiger charge is 2.11. The first-order chi connectivity index (χ1) is 8.08. The molecule has 0 bridgehead atoms. The first-order valence-electron chi connectivity index (χ1n) is 5.54. The van der Waals surface area contributed by atoms with E-state index >= 15 is 0 Å². The van der Waals surface area contributed by atoms with Crippen LogP contribution in [0.4, 0.5) is 4.39 Å². The molecule has 0 radical (unpaired) electrons. The molecule has 0 nitrogen and oxygen atoms in total. The van der Waals surface area contributed by atoms with Crippen LogP contribution in [-0.2, 0) is 0 Å². The largest absolute Gasteiger partial charge is 0.207 e. The van der Waals surface area contributed by atoms with E-state index in [0.717, 1.165) is 11.1 Å². The molecule has 1 unspecified atom stereocenters. The fraction of sp³-hybridized carbons (Fsp3) is 0.200. The SMILES string of the molecule is Cc1ccc(C(Cl)c2ccc(F)c(C)c2)cc1. The Morgan fingerprint density at radius 2 is 1.53 bits per heavy atom. The third kappa shape index (κ3) is 2.67. The molecule has 0 aliphatic heterocycles. The van der Waals surface area contributed by atoms with Gasteiger partial charge in [0.2, 0.25) is 0 Å². The maximum atomic E-state index is 13.2. The van der Waals surface area contributed by atoms with Gasteiger partial charge in [-0.05, 0) is 36.6 Å². The Balaban J connectivity index is 2.33. The molecule has 0 aliphatic carbocycles. The Labute approximate surface area is 106 Å². The van der Waals surface area contributed by atoms with E-state index in [-0.39, 0.29) is 11.2 Å². The van der Waals surface area contributed by atoms with Gasteiger partial charge >= 0.3 is 0 Å². The average Bonchev–Trinajstić information content (AvgIpc) is 2.33. The molecule has 2 aromatic carbocycles. The van der Waals surface area contributed by atoms with Crippen LogP contribution < -0.4 is 0 Å². The fourth-order valence-corrected chi connectivity index (χ4v) is 2.03. The van der Waals surface area contributed by atoms with E-state index in [0.29, 0.717) is 5.56 Å². The molecule has 0 aromatic heterocycles. The third-order valence-corrected chi connectivity index (χ3v) is 3.35. The van der Waals surface area contributed by atoms with E-state index < -0.39 is 0 Å². The highest BCUT2D eigenvalue weighted by atomic mass is 35.5. The van der Waals surface area contributed by atoms with Crippen molar-refractivity contribution in [3.63, 3.8) is 0 Å². The summed E-state index contributed by atoms with van der Waals surface area (Å²) < 4.78 is 13.2. The van der Waals surface area contributed by atoms with Crippen molar-refractivity contribution >= 4 is 11.6 Å². The van der Waals surface area contributed by atoms with Gasteiger partial charge in [0.15, 0.2) is 0 Å². The Bertz CT molecular complexity index is 517. The zero-order valence-electron chi connectivity index (χ0n) is 9.87. The Kier molecular flexibility index (Phi) is 3.49. The summed E-state index contributed by atoms with van der Waals surface area (Å²) >= 11 is 6.39. The molecular formula is C15H14ClF. The highest BCUT2D eigenvalue weighted by molar-refractivity contribution is 6.22. The van der Waals surface area contributed by atoms with Crippen molar-refractivity contribution in [3.8, 4) is 0 Å². The minimum Gasteiger partial charge on any atom is -0.207 e. The maximum absolute atomic E-state index is 13.2. The number of hydrogen-bond acceptors (Lipinski definition) is 0. The van der Waals surface area contributed by atoms with E-state index in [1.54, 1.807) is 19.1 Å². The van der Waals surface area contributed by atoms with Crippen LogP contribution in [0.5, 0.6) is 0 Å². The molecule has 0 heterocycles. The molecule has 0 fully saturated rings. The Morgan fingerprint density at radius 1 is 0.941 bits per heavy atom. The van der Waals surface area contributed by atoms with Crippen LogP contribution in [0.1, 0.15) is 27.6 Å². The van der Waals surface area contributed by atoms with Crippen molar-refractivity contribution in [1.29, 1.82) is 0 Å².